The summed E-state index contributed by atoms with van der Waals surface area (Å²) >= 11 is 0. The Bertz CT molecular complexity index is 1090. The van der Waals surface area contributed by atoms with Crippen LogP contribution in [0.3, 0.4) is 0 Å². The van der Waals surface area contributed by atoms with Crippen LogP contribution in [0.2, 0.25) is 0 Å². The van der Waals surface area contributed by atoms with E-state index < -0.39 is 12.6 Å². The molecular weight excluding hydrogens is 386 g/mol. The van der Waals surface area contributed by atoms with Gasteiger partial charge in [-0.2, -0.15) is 0 Å². The van der Waals surface area contributed by atoms with Crippen LogP contribution in [0.4, 0.5) is 5.69 Å². The highest BCUT2D eigenvalue weighted by atomic mass is 16.5. The molecule has 0 atom stereocenters. The van der Waals surface area contributed by atoms with E-state index in [-0.39, 0.29) is 24.1 Å². The lowest BCUT2D eigenvalue weighted by Gasteiger charge is -2.17. The van der Waals surface area contributed by atoms with Crippen molar-refractivity contribution in [1.82, 2.24) is 0 Å². The number of ketones is 1. The number of amides is 1. The van der Waals surface area contributed by atoms with Gasteiger partial charge < -0.3 is 19.2 Å². The smallest absolute Gasteiger partial charge is 0.375 e. The highest BCUT2D eigenvalue weighted by Gasteiger charge is 2.21. The number of carbonyl (C=O) groups excluding carboxylic acids is 3. The zero-order valence-electron chi connectivity index (χ0n) is 16.1. The minimum absolute atomic E-state index is 0.00637. The summed E-state index contributed by atoms with van der Waals surface area (Å²) in [6.45, 7) is -0.279. The van der Waals surface area contributed by atoms with Crippen molar-refractivity contribution in [2.75, 3.05) is 11.9 Å². The SMILES string of the molecule is O=C1CCc2cc(C(=O)COC(=O)c3occc3COc3ccccc3)ccc2N1. The van der Waals surface area contributed by atoms with E-state index in [0.717, 1.165) is 5.56 Å². The molecule has 3 aromatic rings. The highest BCUT2D eigenvalue weighted by molar-refractivity contribution is 6.01. The third-order valence-corrected chi connectivity index (χ3v) is 4.73. The van der Waals surface area contributed by atoms with Crippen LogP contribution in [0, 0.1) is 0 Å². The molecule has 1 N–H and O–H groups in total. The summed E-state index contributed by atoms with van der Waals surface area (Å²) in [6, 6.07) is 15.8. The molecule has 30 heavy (non-hydrogen) atoms. The summed E-state index contributed by atoms with van der Waals surface area (Å²) in [5.41, 5.74) is 2.54. The Hall–Kier alpha value is -3.87. The molecule has 0 unspecified atom stereocenters. The molecule has 4 rings (SSSR count). The van der Waals surface area contributed by atoms with Crippen molar-refractivity contribution < 1.29 is 28.3 Å². The zero-order chi connectivity index (χ0) is 20.9. The largest absolute Gasteiger partial charge is 0.489 e. The summed E-state index contributed by atoms with van der Waals surface area (Å²) in [6.07, 6.45) is 2.32. The summed E-state index contributed by atoms with van der Waals surface area (Å²) in [5, 5.41) is 2.76. The maximum atomic E-state index is 12.4. The number of hydrogen-bond donors (Lipinski definition) is 1. The Kier molecular flexibility index (Phi) is 5.61. The van der Waals surface area contributed by atoms with E-state index >= 15 is 0 Å². The van der Waals surface area contributed by atoms with Gasteiger partial charge in [-0.25, -0.2) is 4.79 Å². The molecule has 2 heterocycles. The van der Waals surface area contributed by atoms with E-state index in [2.05, 4.69) is 5.32 Å². The number of aryl methyl sites for hydroxylation is 1. The summed E-state index contributed by atoms with van der Waals surface area (Å²) in [5.74, 6) is -0.438. The molecular formula is C23H19NO6. The predicted octanol–water partition coefficient (Wildman–Crippen LogP) is 3.78. The second kappa shape index (κ2) is 8.65. The zero-order valence-corrected chi connectivity index (χ0v) is 16.1. The van der Waals surface area contributed by atoms with E-state index in [9.17, 15) is 14.4 Å². The van der Waals surface area contributed by atoms with Crippen LogP contribution >= 0.6 is 0 Å². The van der Waals surface area contributed by atoms with Crippen LogP contribution in [0.15, 0.2) is 65.3 Å². The fraction of sp³-hybridized carbons (Fsp3) is 0.174. The van der Waals surface area contributed by atoms with Gasteiger partial charge >= 0.3 is 5.97 Å². The van der Waals surface area contributed by atoms with Crippen LogP contribution in [-0.4, -0.2) is 24.3 Å². The van der Waals surface area contributed by atoms with Crippen LogP contribution in [-0.2, 0) is 22.6 Å². The van der Waals surface area contributed by atoms with E-state index in [1.54, 1.807) is 36.4 Å². The number of rotatable bonds is 7. The minimum atomic E-state index is -0.731. The first-order chi connectivity index (χ1) is 14.6. The first-order valence-corrected chi connectivity index (χ1v) is 9.47. The number of para-hydroxylation sites is 1. The Balaban J connectivity index is 1.35. The average Bonchev–Trinajstić information content (AvgIpc) is 3.25. The molecule has 0 spiro atoms. The van der Waals surface area contributed by atoms with Gasteiger partial charge in [0.1, 0.15) is 12.4 Å². The van der Waals surface area contributed by atoms with E-state index in [0.29, 0.717) is 35.4 Å². The molecule has 1 aliphatic rings. The molecule has 2 aromatic carbocycles. The highest BCUT2D eigenvalue weighted by Crippen LogP contribution is 2.24. The normalized spacial score (nSPS) is 12.6. The molecule has 7 nitrogen and oxygen atoms in total. The van der Waals surface area contributed by atoms with Crippen molar-refractivity contribution in [3.63, 3.8) is 0 Å². The third-order valence-electron chi connectivity index (χ3n) is 4.73. The average molecular weight is 405 g/mol. The Morgan fingerprint density at radius 1 is 1.03 bits per heavy atom. The molecule has 7 heteroatoms. The maximum Gasteiger partial charge on any atom is 0.375 e. The number of carbonyl (C=O) groups is 3. The van der Waals surface area contributed by atoms with Crippen molar-refractivity contribution in [2.24, 2.45) is 0 Å². The molecule has 152 valence electrons. The maximum absolute atomic E-state index is 12.4. The van der Waals surface area contributed by atoms with E-state index in [1.807, 2.05) is 18.2 Å². The second-order valence-corrected chi connectivity index (χ2v) is 6.80. The van der Waals surface area contributed by atoms with Gasteiger partial charge in [-0.3, -0.25) is 9.59 Å². The number of anilines is 1. The lowest BCUT2D eigenvalue weighted by Crippen LogP contribution is -2.20. The summed E-state index contributed by atoms with van der Waals surface area (Å²) in [7, 11) is 0. The molecule has 1 amide bonds. The molecule has 0 bridgehead atoms. The van der Waals surface area contributed by atoms with E-state index in [4.69, 9.17) is 13.9 Å². The Morgan fingerprint density at radius 2 is 1.87 bits per heavy atom. The second-order valence-electron chi connectivity index (χ2n) is 6.80. The van der Waals surface area contributed by atoms with Crippen molar-refractivity contribution in [3.8, 4) is 5.75 Å². The number of ether oxygens (including phenoxy) is 2. The molecule has 1 aliphatic heterocycles. The summed E-state index contributed by atoms with van der Waals surface area (Å²) < 4.78 is 16.0. The number of esters is 1. The monoisotopic (exact) mass is 405 g/mol. The van der Waals surface area contributed by atoms with E-state index in [1.165, 1.54) is 6.26 Å². The molecule has 0 fully saturated rings. The van der Waals surface area contributed by atoms with Gasteiger partial charge in [0.25, 0.3) is 0 Å². The first-order valence-electron chi connectivity index (χ1n) is 9.47. The minimum Gasteiger partial charge on any atom is -0.489 e. The topological polar surface area (TPSA) is 94.8 Å². The number of fused-ring (bicyclic) bond motifs is 1. The number of nitrogens with one attached hydrogen (secondary N) is 1. The van der Waals surface area contributed by atoms with Crippen molar-refractivity contribution in [1.29, 1.82) is 0 Å². The number of hydrogen-bond acceptors (Lipinski definition) is 6. The van der Waals surface area contributed by atoms with Gasteiger partial charge in [0.2, 0.25) is 11.7 Å². The van der Waals surface area contributed by atoms with Gasteiger partial charge in [-0.15, -0.1) is 0 Å². The van der Waals surface area contributed by atoms with Crippen LogP contribution < -0.4 is 10.1 Å². The number of furan rings is 1. The Morgan fingerprint density at radius 3 is 2.70 bits per heavy atom. The fourth-order valence-corrected chi connectivity index (χ4v) is 3.14. The summed E-state index contributed by atoms with van der Waals surface area (Å²) in [4.78, 5) is 36.3. The third kappa shape index (κ3) is 4.41. The molecule has 0 aliphatic carbocycles. The lowest BCUT2D eigenvalue weighted by atomic mass is 9.99. The fourth-order valence-electron chi connectivity index (χ4n) is 3.14. The number of Topliss-reactive ketones (excluding diaryl/α,β-unsaturated/α-hetero) is 1. The molecule has 0 radical (unpaired) electrons. The van der Waals surface area contributed by atoms with Crippen LogP contribution in [0.25, 0.3) is 0 Å². The van der Waals surface area contributed by atoms with Gasteiger partial charge in [0.15, 0.2) is 12.4 Å². The molecule has 0 saturated heterocycles. The van der Waals surface area contributed by atoms with Crippen LogP contribution in [0.1, 0.15) is 38.5 Å². The van der Waals surface area contributed by atoms with Gasteiger partial charge in [0, 0.05) is 23.2 Å². The molecule has 1 aromatic heterocycles. The van der Waals surface area contributed by atoms with Crippen LogP contribution in [0.5, 0.6) is 5.75 Å². The predicted molar refractivity (Wildman–Crippen MR) is 107 cm³/mol. The van der Waals surface area contributed by atoms with Gasteiger partial charge in [0.05, 0.1) is 6.26 Å². The molecule has 0 saturated carbocycles. The standard InChI is InChI=1S/C23H19NO6/c25-20(16-6-8-19-15(12-16)7-9-21(26)24-19)14-30-23(27)22-17(10-11-28-22)13-29-18-4-2-1-3-5-18/h1-6,8,10-12H,7,9,13-14H2,(H,24,26). The van der Waals surface area contributed by atoms with Crippen molar-refractivity contribution >= 4 is 23.3 Å². The lowest BCUT2D eigenvalue weighted by molar-refractivity contribution is -0.116. The van der Waals surface area contributed by atoms with Crippen molar-refractivity contribution in [3.05, 3.63) is 83.3 Å². The van der Waals surface area contributed by atoms with Crippen molar-refractivity contribution in [2.45, 2.75) is 19.4 Å². The quantitative estimate of drug-likeness (QED) is 0.475. The van der Waals surface area contributed by atoms with Gasteiger partial charge in [-0.05, 0) is 48.4 Å². The Labute approximate surface area is 172 Å². The van der Waals surface area contributed by atoms with Gasteiger partial charge in [-0.1, -0.05) is 18.2 Å². The number of benzene rings is 2. The first kappa shape index (κ1) is 19.4.